The van der Waals surface area contributed by atoms with Crippen molar-refractivity contribution in [3.05, 3.63) is 36.5 Å². The third-order valence-electron chi connectivity index (χ3n) is 1.69. The Bertz CT molecular complexity index is 449. The van der Waals surface area contributed by atoms with Crippen LogP contribution in [0.4, 0.5) is 0 Å². The van der Waals surface area contributed by atoms with E-state index in [-0.39, 0.29) is 11.6 Å². The molecule has 0 N–H and O–H groups in total. The number of carbonyl (C=O) groups is 1. The maximum Gasteiger partial charge on any atom is 0.217 e. The fraction of sp³-hybridized carbons (Fsp3) is 0.111. The highest BCUT2D eigenvalue weighted by Gasteiger charge is 2.06. The second-order valence-electron chi connectivity index (χ2n) is 2.76. The molecule has 0 aliphatic heterocycles. The lowest BCUT2D eigenvalue weighted by molar-refractivity contribution is 0.100. The molecule has 0 spiro atoms. The molecule has 5 heteroatoms. The molecule has 2 aromatic rings. The Morgan fingerprint density at radius 1 is 1.36 bits per heavy atom. The number of rotatable bonds is 2. The second-order valence-corrected chi connectivity index (χ2v) is 2.76. The molecule has 0 aromatic carbocycles. The van der Waals surface area contributed by atoms with Gasteiger partial charge in [0.05, 0.1) is 0 Å². The highest BCUT2D eigenvalue weighted by atomic mass is 16.1. The van der Waals surface area contributed by atoms with E-state index in [0.29, 0.717) is 5.82 Å². The summed E-state index contributed by atoms with van der Waals surface area (Å²) in [5.41, 5.74) is 0. The molecule has 0 fully saturated rings. The molecular formula is C9H8N4O. The van der Waals surface area contributed by atoms with Gasteiger partial charge >= 0.3 is 0 Å². The maximum atomic E-state index is 10.9. The highest BCUT2D eigenvalue weighted by molar-refractivity contribution is 5.89. The molecule has 0 atom stereocenters. The van der Waals surface area contributed by atoms with Gasteiger partial charge in [0, 0.05) is 13.1 Å². The molecule has 0 bridgehead atoms. The van der Waals surface area contributed by atoms with Crippen LogP contribution in [-0.4, -0.2) is 25.5 Å². The summed E-state index contributed by atoms with van der Waals surface area (Å²) in [4.78, 5) is 18.9. The third-order valence-corrected chi connectivity index (χ3v) is 1.69. The molecular weight excluding hydrogens is 180 g/mol. The first-order valence-electron chi connectivity index (χ1n) is 4.11. The largest absolute Gasteiger partial charge is 0.291 e. The zero-order valence-corrected chi connectivity index (χ0v) is 7.58. The molecule has 5 nitrogen and oxygen atoms in total. The van der Waals surface area contributed by atoms with Gasteiger partial charge < -0.3 is 0 Å². The summed E-state index contributed by atoms with van der Waals surface area (Å²) in [6.07, 6.45) is 3.13. The van der Waals surface area contributed by atoms with Crippen LogP contribution in [0.5, 0.6) is 0 Å². The van der Waals surface area contributed by atoms with E-state index in [1.54, 1.807) is 12.3 Å². The fourth-order valence-electron chi connectivity index (χ4n) is 1.02. The van der Waals surface area contributed by atoms with Crippen molar-refractivity contribution in [1.82, 2.24) is 19.7 Å². The summed E-state index contributed by atoms with van der Waals surface area (Å²) in [7, 11) is 0. The number of hydrogen-bond acceptors (Lipinski definition) is 4. The standard InChI is InChI=1S/C9H8N4O/c1-7(14)9-11-6-13(12-9)8-4-2-3-5-10-8/h2-6H,1H3. The Labute approximate surface area is 80.4 Å². The molecule has 70 valence electrons. The SMILES string of the molecule is CC(=O)c1ncn(-c2ccccn2)n1. The first-order chi connectivity index (χ1) is 6.77. The lowest BCUT2D eigenvalue weighted by Gasteiger charge is -1.95. The maximum absolute atomic E-state index is 10.9. The summed E-state index contributed by atoms with van der Waals surface area (Å²) < 4.78 is 1.47. The Kier molecular flexibility index (Phi) is 2.06. The minimum Gasteiger partial charge on any atom is -0.291 e. The molecule has 2 aromatic heterocycles. The van der Waals surface area contributed by atoms with Crippen molar-refractivity contribution in [1.29, 1.82) is 0 Å². The summed E-state index contributed by atoms with van der Waals surface area (Å²) >= 11 is 0. The van der Waals surface area contributed by atoms with Gasteiger partial charge in [-0.1, -0.05) is 6.07 Å². The van der Waals surface area contributed by atoms with Crippen molar-refractivity contribution in [3.63, 3.8) is 0 Å². The quantitative estimate of drug-likeness (QED) is 0.656. The zero-order chi connectivity index (χ0) is 9.97. The van der Waals surface area contributed by atoms with Gasteiger partial charge in [-0.15, -0.1) is 5.10 Å². The number of aromatic nitrogens is 4. The predicted molar refractivity (Wildman–Crippen MR) is 49.2 cm³/mol. The van der Waals surface area contributed by atoms with E-state index in [1.807, 2.05) is 12.1 Å². The van der Waals surface area contributed by atoms with Crippen LogP contribution < -0.4 is 0 Å². The van der Waals surface area contributed by atoms with Crippen molar-refractivity contribution in [3.8, 4) is 5.82 Å². The van der Waals surface area contributed by atoms with Gasteiger partial charge in [-0.05, 0) is 12.1 Å². The molecule has 0 aliphatic rings. The first-order valence-corrected chi connectivity index (χ1v) is 4.11. The molecule has 2 rings (SSSR count). The average molecular weight is 188 g/mol. The zero-order valence-electron chi connectivity index (χ0n) is 7.58. The fourth-order valence-corrected chi connectivity index (χ4v) is 1.02. The first kappa shape index (κ1) is 8.55. The minimum absolute atomic E-state index is 0.153. The summed E-state index contributed by atoms with van der Waals surface area (Å²) in [6.45, 7) is 1.43. The van der Waals surface area contributed by atoms with Crippen LogP contribution in [0.15, 0.2) is 30.7 Å². The number of Topliss-reactive ketones (excluding diaryl/α,β-unsaturated/α-hetero) is 1. The summed E-state index contributed by atoms with van der Waals surface area (Å²) in [5, 5.41) is 3.97. The lowest BCUT2D eigenvalue weighted by Crippen LogP contribution is -2.00. The second kappa shape index (κ2) is 3.37. The summed E-state index contributed by atoms with van der Waals surface area (Å²) in [5.74, 6) is 0.697. The Morgan fingerprint density at radius 3 is 2.79 bits per heavy atom. The number of pyridine rings is 1. The van der Waals surface area contributed by atoms with Crippen LogP contribution in [0, 0.1) is 0 Å². The van der Waals surface area contributed by atoms with Crippen LogP contribution in [0.2, 0.25) is 0 Å². The summed E-state index contributed by atoms with van der Waals surface area (Å²) in [6, 6.07) is 5.45. The number of nitrogens with zero attached hydrogens (tertiary/aromatic N) is 4. The minimum atomic E-state index is -0.153. The Morgan fingerprint density at radius 2 is 2.21 bits per heavy atom. The predicted octanol–water partition coefficient (Wildman–Crippen LogP) is 0.865. The van der Waals surface area contributed by atoms with Gasteiger partial charge in [-0.3, -0.25) is 4.79 Å². The molecule has 0 radical (unpaired) electrons. The van der Waals surface area contributed by atoms with Crippen molar-refractivity contribution >= 4 is 5.78 Å². The Balaban J connectivity index is 2.39. The molecule has 0 amide bonds. The van der Waals surface area contributed by atoms with Crippen molar-refractivity contribution in [2.45, 2.75) is 6.92 Å². The van der Waals surface area contributed by atoms with E-state index >= 15 is 0 Å². The van der Waals surface area contributed by atoms with Crippen molar-refractivity contribution in [2.75, 3.05) is 0 Å². The van der Waals surface area contributed by atoms with Gasteiger partial charge in [0.25, 0.3) is 0 Å². The van der Waals surface area contributed by atoms with Gasteiger partial charge in [0.1, 0.15) is 6.33 Å². The molecule has 0 saturated carbocycles. The number of ketones is 1. The van der Waals surface area contributed by atoms with Crippen LogP contribution in [0.3, 0.4) is 0 Å². The van der Waals surface area contributed by atoms with Crippen molar-refractivity contribution < 1.29 is 4.79 Å². The molecule has 0 unspecified atom stereocenters. The lowest BCUT2D eigenvalue weighted by atomic mass is 10.4. The van der Waals surface area contributed by atoms with Gasteiger partial charge in [-0.2, -0.15) is 0 Å². The van der Waals surface area contributed by atoms with Gasteiger partial charge in [0.15, 0.2) is 11.6 Å². The molecule has 14 heavy (non-hydrogen) atoms. The molecule has 2 heterocycles. The van der Waals surface area contributed by atoms with Gasteiger partial charge in [-0.25, -0.2) is 14.6 Å². The van der Waals surface area contributed by atoms with E-state index < -0.39 is 0 Å². The van der Waals surface area contributed by atoms with Crippen LogP contribution in [0.25, 0.3) is 5.82 Å². The van der Waals surface area contributed by atoms with Crippen LogP contribution in [-0.2, 0) is 0 Å². The van der Waals surface area contributed by atoms with E-state index in [9.17, 15) is 4.79 Å². The third kappa shape index (κ3) is 1.52. The van der Waals surface area contributed by atoms with E-state index in [2.05, 4.69) is 15.1 Å². The topological polar surface area (TPSA) is 60.7 Å². The van der Waals surface area contributed by atoms with Gasteiger partial charge in [0.2, 0.25) is 5.82 Å². The molecule has 0 saturated heterocycles. The monoisotopic (exact) mass is 188 g/mol. The normalized spacial score (nSPS) is 10.1. The average Bonchev–Trinajstić information content (AvgIpc) is 2.68. The van der Waals surface area contributed by atoms with Crippen LogP contribution in [0.1, 0.15) is 17.5 Å². The smallest absolute Gasteiger partial charge is 0.217 e. The number of hydrogen-bond donors (Lipinski definition) is 0. The van der Waals surface area contributed by atoms with Crippen molar-refractivity contribution in [2.24, 2.45) is 0 Å². The molecule has 0 aliphatic carbocycles. The van der Waals surface area contributed by atoms with Crippen LogP contribution >= 0.6 is 0 Å². The Hall–Kier alpha value is -2.04. The highest BCUT2D eigenvalue weighted by Crippen LogP contribution is 2.00. The van der Waals surface area contributed by atoms with E-state index in [1.165, 1.54) is 17.9 Å². The van der Waals surface area contributed by atoms with E-state index in [0.717, 1.165) is 0 Å². The number of carbonyl (C=O) groups excluding carboxylic acids is 1. The van der Waals surface area contributed by atoms with E-state index in [4.69, 9.17) is 0 Å².